The number of allylic oxidation sites excluding steroid dienone is 1. The number of rotatable bonds is 5. The number of para-hydroxylation sites is 2. The number of thiophene rings is 1. The lowest BCUT2D eigenvalue weighted by molar-refractivity contribution is -0.145. The maximum atomic E-state index is 14.4. The summed E-state index contributed by atoms with van der Waals surface area (Å²) in [6.07, 6.45) is 4.49. The van der Waals surface area contributed by atoms with Crippen LogP contribution in [0, 0.1) is 5.92 Å². The van der Waals surface area contributed by atoms with Gasteiger partial charge in [0, 0.05) is 25.2 Å². The van der Waals surface area contributed by atoms with Crippen molar-refractivity contribution in [1.82, 2.24) is 25.5 Å². The quantitative estimate of drug-likeness (QED) is 0.303. The standard InChI is InChI=1S/C37H43N5O8S/c1-36(2,3)50-35(48)40-27-16-7-6-13-23(43)12-5-4-11-22-20-37(22,34(46)47)41-31(44)28-19-24(21-42(28)33(27)45)49-32-30(29-17-10-18-51-29)38-25-14-8-9-15-26(25)39-32/h4,8-11,14-15,17-18,22,24,27-28H,5-7,12-13,16,19-21H2,1-3H3,(H,40,48)(H,41,44)(H,46,47)/b11-4-/t22?,24-,27-,28?,37?/m1/s1. The van der Waals surface area contributed by atoms with Gasteiger partial charge >= 0.3 is 12.1 Å². The van der Waals surface area contributed by atoms with E-state index in [2.05, 4.69) is 10.6 Å². The van der Waals surface area contributed by atoms with Gasteiger partial charge in [-0.2, -0.15) is 0 Å². The molecule has 1 saturated heterocycles. The van der Waals surface area contributed by atoms with Crippen molar-refractivity contribution in [3.05, 3.63) is 53.9 Å². The molecule has 3 aromatic rings. The number of aliphatic carboxylic acids is 1. The van der Waals surface area contributed by atoms with Crippen LogP contribution in [0.5, 0.6) is 5.88 Å². The van der Waals surface area contributed by atoms with Gasteiger partial charge in [0.1, 0.15) is 40.8 Å². The molecule has 2 aromatic heterocycles. The molecular weight excluding hydrogens is 675 g/mol. The molecule has 0 spiro atoms. The highest BCUT2D eigenvalue weighted by Gasteiger charge is 2.61. The Balaban J connectivity index is 1.33. The predicted molar refractivity (Wildman–Crippen MR) is 189 cm³/mol. The third kappa shape index (κ3) is 8.38. The number of carboxylic acids is 1. The Labute approximate surface area is 299 Å². The number of fused-ring (bicyclic) bond motifs is 3. The van der Waals surface area contributed by atoms with E-state index in [0.717, 1.165) is 4.88 Å². The Bertz CT molecular complexity index is 1840. The first kappa shape index (κ1) is 36.0. The van der Waals surface area contributed by atoms with E-state index in [9.17, 15) is 29.1 Å². The van der Waals surface area contributed by atoms with E-state index in [0.29, 0.717) is 48.8 Å². The second-order valence-electron chi connectivity index (χ2n) is 14.4. The van der Waals surface area contributed by atoms with Gasteiger partial charge in [-0.25, -0.2) is 19.6 Å². The number of hydrogen-bond acceptors (Lipinski definition) is 10. The van der Waals surface area contributed by atoms with E-state index in [1.54, 1.807) is 32.9 Å². The number of ether oxygens (including phenoxy) is 2. The number of aromatic nitrogens is 2. The molecule has 1 aromatic carbocycles. The van der Waals surface area contributed by atoms with Crippen molar-refractivity contribution in [3.63, 3.8) is 0 Å². The Morgan fingerprint density at radius 3 is 2.53 bits per heavy atom. The number of amides is 3. The van der Waals surface area contributed by atoms with Crippen molar-refractivity contribution in [1.29, 1.82) is 0 Å². The summed E-state index contributed by atoms with van der Waals surface area (Å²) >= 11 is 1.47. The number of Topliss-reactive ketones (excluding diaryl/α,β-unsaturated/α-hetero) is 1. The number of nitrogens with zero attached hydrogens (tertiary/aromatic N) is 3. The van der Waals surface area contributed by atoms with Crippen molar-refractivity contribution in [2.75, 3.05) is 6.54 Å². The second-order valence-corrected chi connectivity index (χ2v) is 15.3. The van der Waals surface area contributed by atoms with Crippen LogP contribution in [0.15, 0.2) is 53.9 Å². The van der Waals surface area contributed by atoms with E-state index in [1.807, 2.05) is 41.8 Å². The van der Waals surface area contributed by atoms with Gasteiger partial charge in [0.25, 0.3) is 0 Å². The summed E-state index contributed by atoms with van der Waals surface area (Å²) in [7, 11) is 0. The molecule has 3 amide bonds. The van der Waals surface area contributed by atoms with Crippen molar-refractivity contribution < 1.29 is 38.6 Å². The van der Waals surface area contributed by atoms with Crippen LogP contribution < -0.4 is 15.4 Å². The maximum absolute atomic E-state index is 14.4. The van der Waals surface area contributed by atoms with Crippen LogP contribution in [0.25, 0.3) is 21.6 Å². The highest BCUT2D eigenvalue weighted by molar-refractivity contribution is 7.13. The summed E-state index contributed by atoms with van der Waals surface area (Å²) in [5.74, 6) is -2.52. The van der Waals surface area contributed by atoms with E-state index in [-0.39, 0.29) is 37.5 Å². The van der Waals surface area contributed by atoms with Gasteiger partial charge in [-0.1, -0.05) is 36.8 Å². The third-order valence-corrected chi connectivity index (χ3v) is 10.2. The number of nitrogens with one attached hydrogen (secondary N) is 2. The smallest absolute Gasteiger partial charge is 0.408 e. The SMILES string of the molecule is CC(C)(C)OC(=O)N[C@@H]1CCCCC(=O)CC/C=C\C2CC2(C(=O)O)NC(=O)C2C[C@@H](Oc3nc4ccccc4nc3-c3cccs3)CN2C1=O. The lowest BCUT2D eigenvalue weighted by Crippen LogP contribution is -2.56. The summed E-state index contributed by atoms with van der Waals surface area (Å²) in [4.78, 5) is 78.3. The first-order valence-electron chi connectivity index (χ1n) is 17.3. The molecular formula is C37H43N5O8S. The average Bonchev–Trinajstić information content (AvgIpc) is 3.38. The number of carbonyl (C=O) groups excluding carboxylic acids is 4. The summed E-state index contributed by atoms with van der Waals surface area (Å²) < 4.78 is 12.0. The van der Waals surface area contributed by atoms with Crippen LogP contribution >= 0.6 is 11.3 Å². The van der Waals surface area contributed by atoms with Crippen molar-refractivity contribution in [2.45, 2.75) is 101 Å². The highest BCUT2D eigenvalue weighted by atomic mass is 32.1. The van der Waals surface area contributed by atoms with E-state index in [4.69, 9.17) is 19.4 Å². The first-order valence-corrected chi connectivity index (χ1v) is 18.2. The number of ketones is 1. The minimum atomic E-state index is -1.54. The molecule has 5 atom stereocenters. The molecule has 13 nitrogen and oxygen atoms in total. The lowest BCUT2D eigenvalue weighted by atomic mass is 10.0. The number of alkyl carbamates (subject to hydrolysis) is 1. The van der Waals surface area contributed by atoms with Crippen LogP contribution in [-0.2, 0) is 23.9 Å². The monoisotopic (exact) mass is 717 g/mol. The predicted octanol–water partition coefficient (Wildman–Crippen LogP) is 5.04. The van der Waals surface area contributed by atoms with E-state index >= 15 is 0 Å². The topological polar surface area (TPSA) is 177 Å². The largest absolute Gasteiger partial charge is 0.479 e. The summed E-state index contributed by atoms with van der Waals surface area (Å²) in [5, 5.41) is 17.6. The molecule has 0 bridgehead atoms. The zero-order valence-electron chi connectivity index (χ0n) is 28.9. The minimum absolute atomic E-state index is 0.0380. The van der Waals surface area contributed by atoms with Gasteiger partial charge in [0.05, 0.1) is 22.5 Å². The third-order valence-electron chi connectivity index (χ3n) is 9.31. The molecule has 270 valence electrons. The fourth-order valence-electron chi connectivity index (χ4n) is 6.65. The molecule has 2 aliphatic heterocycles. The normalized spacial score (nSPS) is 26.7. The first-order chi connectivity index (χ1) is 24.3. The Kier molecular flexibility index (Phi) is 10.4. The van der Waals surface area contributed by atoms with Crippen LogP contribution in [0.2, 0.25) is 0 Å². The molecule has 2 fully saturated rings. The fourth-order valence-corrected chi connectivity index (χ4v) is 7.35. The Morgan fingerprint density at radius 1 is 1.06 bits per heavy atom. The minimum Gasteiger partial charge on any atom is -0.479 e. The molecule has 3 aliphatic rings. The molecule has 4 heterocycles. The molecule has 51 heavy (non-hydrogen) atoms. The van der Waals surface area contributed by atoms with Gasteiger partial charge in [0.15, 0.2) is 0 Å². The average molecular weight is 718 g/mol. The zero-order chi connectivity index (χ0) is 36.3. The van der Waals surface area contributed by atoms with Gasteiger partial charge in [-0.15, -0.1) is 11.3 Å². The van der Waals surface area contributed by atoms with Gasteiger partial charge < -0.3 is 30.1 Å². The fraction of sp³-hybridized carbons (Fsp3) is 0.486. The number of hydrogen-bond donors (Lipinski definition) is 3. The maximum Gasteiger partial charge on any atom is 0.408 e. The van der Waals surface area contributed by atoms with Crippen LogP contribution in [0.4, 0.5) is 4.79 Å². The number of carboxylic acid groups (broad SMARTS) is 1. The second kappa shape index (κ2) is 14.8. The van der Waals surface area contributed by atoms with Crippen molar-refractivity contribution in [3.8, 4) is 16.5 Å². The van der Waals surface area contributed by atoms with Crippen LogP contribution in [0.1, 0.15) is 72.1 Å². The summed E-state index contributed by atoms with van der Waals surface area (Å²) in [6.45, 7) is 5.10. The van der Waals surface area contributed by atoms with E-state index < -0.39 is 59.1 Å². The lowest BCUT2D eigenvalue weighted by Gasteiger charge is -2.30. The zero-order valence-corrected chi connectivity index (χ0v) is 29.7. The Hall–Kier alpha value is -4.85. The van der Waals surface area contributed by atoms with Crippen molar-refractivity contribution >= 4 is 52.0 Å². The highest BCUT2D eigenvalue weighted by Crippen LogP contribution is 2.45. The Morgan fingerprint density at radius 2 is 1.82 bits per heavy atom. The molecule has 3 unspecified atom stereocenters. The summed E-state index contributed by atoms with van der Waals surface area (Å²) in [6, 6.07) is 9.00. The van der Waals surface area contributed by atoms with Crippen molar-refractivity contribution in [2.24, 2.45) is 5.92 Å². The molecule has 6 rings (SSSR count). The number of benzene rings is 1. The van der Waals surface area contributed by atoms with E-state index in [1.165, 1.54) is 16.2 Å². The summed E-state index contributed by atoms with van der Waals surface area (Å²) in [5.41, 5.74) is -0.557. The molecule has 1 aliphatic carbocycles. The molecule has 14 heteroatoms. The van der Waals surface area contributed by atoms with Crippen LogP contribution in [0.3, 0.4) is 0 Å². The van der Waals surface area contributed by atoms with Crippen LogP contribution in [-0.4, -0.2) is 85.5 Å². The molecule has 3 N–H and O–H groups in total. The molecule has 1 saturated carbocycles. The molecule has 0 radical (unpaired) electrons. The number of carbonyl (C=O) groups is 5. The van der Waals surface area contributed by atoms with Gasteiger partial charge in [0.2, 0.25) is 17.7 Å². The van der Waals surface area contributed by atoms with Gasteiger partial charge in [-0.05, 0) is 70.0 Å². The van der Waals surface area contributed by atoms with Gasteiger partial charge in [-0.3, -0.25) is 14.4 Å².